The molecule has 153 valence electrons. The standard InChI is InChI=1S/C27H35P2/c1-21(29(26(2,3)4)27(5,6)7)24-19-14-20-25(24)28(22-15-10-8-11-16-22)23-17-12-9-13-18-23/h8-21H,1-7H3. The van der Waals surface area contributed by atoms with Crippen molar-refractivity contribution in [3.05, 3.63) is 90.1 Å². The van der Waals surface area contributed by atoms with Crippen LogP contribution >= 0.6 is 15.8 Å². The summed E-state index contributed by atoms with van der Waals surface area (Å²) in [5, 5.41) is 5.02. The van der Waals surface area contributed by atoms with Crippen molar-refractivity contribution in [2.75, 3.05) is 0 Å². The highest BCUT2D eigenvalue weighted by Crippen LogP contribution is 2.67. The zero-order chi connectivity index (χ0) is 21.2. The van der Waals surface area contributed by atoms with E-state index in [1.54, 1.807) is 5.92 Å². The van der Waals surface area contributed by atoms with Gasteiger partial charge in [-0.3, -0.25) is 0 Å². The Balaban J connectivity index is 2.04. The summed E-state index contributed by atoms with van der Waals surface area (Å²) >= 11 is 0. The largest absolute Gasteiger partial charge is 0.0915 e. The molecule has 2 aromatic carbocycles. The van der Waals surface area contributed by atoms with Crippen LogP contribution in [0.4, 0.5) is 0 Å². The van der Waals surface area contributed by atoms with E-state index in [1.165, 1.54) is 15.9 Å². The Kier molecular flexibility index (Phi) is 6.88. The molecule has 2 aromatic rings. The van der Waals surface area contributed by atoms with E-state index in [0.717, 1.165) is 0 Å². The Labute approximate surface area is 181 Å². The molecule has 0 saturated carbocycles. The summed E-state index contributed by atoms with van der Waals surface area (Å²) in [6.07, 6.45) is 7.06. The fraction of sp³-hybridized carbons (Fsp3) is 0.370. The molecular weight excluding hydrogens is 386 g/mol. The first-order valence-electron chi connectivity index (χ1n) is 10.6. The molecule has 0 aromatic heterocycles. The highest BCUT2D eigenvalue weighted by molar-refractivity contribution is 7.77. The molecule has 0 heterocycles. The van der Waals surface area contributed by atoms with E-state index >= 15 is 0 Å². The Morgan fingerprint density at radius 1 is 0.690 bits per heavy atom. The van der Waals surface area contributed by atoms with Gasteiger partial charge in [-0.05, 0) is 39.8 Å². The number of rotatable bonds is 5. The van der Waals surface area contributed by atoms with E-state index < -0.39 is 7.92 Å². The molecule has 0 spiro atoms. The van der Waals surface area contributed by atoms with Crippen molar-refractivity contribution in [1.29, 1.82) is 0 Å². The maximum atomic E-state index is 2.48. The third-order valence-electron chi connectivity index (χ3n) is 5.38. The lowest BCUT2D eigenvalue weighted by Crippen LogP contribution is -2.33. The van der Waals surface area contributed by atoms with Crippen LogP contribution in [0.1, 0.15) is 48.5 Å². The minimum Gasteiger partial charge on any atom is -0.0915 e. The van der Waals surface area contributed by atoms with Gasteiger partial charge in [0, 0.05) is 5.92 Å². The lowest BCUT2D eigenvalue weighted by Gasteiger charge is -2.47. The predicted molar refractivity (Wildman–Crippen MR) is 135 cm³/mol. The first kappa shape index (κ1) is 22.5. The van der Waals surface area contributed by atoms with Gasteiger partial charge in [-0.2, -0.15) is 0 Å². The summed E-state index contributed by atoms with van der Waals surface area (Å²) in [5.41, 5.74) is 0.562. The van der Waals surface area contributed by atoms with Crippen molar-refractivity contribution in [3.8, 4) is 0 Å². The number of hydrogen-bond donors (Lipinski definition) is 0. The second-order valence-corrected chi connectivity index (χ2v) is 16.1. The van der Waals surface area contributed by atoms with Crippen molar-refractivity contribution in [2.24, 2.45) is 0 Å². The molecule has 1 radical (unpaired) electrons. The van der Waals surface area contributed by atoms with Crippen LogP contribution in [0, 0.1) is 5.92 Å². The number of allylic oxidation sites excluding steroid dienone is 4. The third-order valence-corrected chi connectivity index (χ3v) is 11.8. The van der Waals surface area contributed by atoms with Gasteiger partial charge in [0.05, 0.1) is 0 Å². The summed E-state index contributed by atoms with van der Waals surface area (Å²) in [7, 11) is -0.771. The van der Waals surface area contributed by atoms with Crippen LogP contribution in [-0.2, 0) is 0 Å². The lowest BCUT2D eigenvalue weighted by atomic mass is 10.1. The Hall–Kier alpha value is -1.22. The molecule has 0 bridgehead atoms. The number of benzene rings is 2. The van der Waals surface area contributed by atoms with Gasteiger partial charge in [-0.15, -0.1) is 0 Å². The fourth-order valence-corrected chi connectivity index (χ4v) is 12.4. The summed E-state index contributed by atoms with van der Waals surface area (Å²) in [6.45, 7) is 17.1. The van der Waals surface area contributed by atoms with Gasteiger partial charge in [-0.25, -0.2) is 0 Å². The molecule has 2 heteroatoms. The SMILES string of the molecule is CC([C]1C=CC=C1P(c1ccccc1)c1ccccc1)P(C(C)(C)C)C(C)(C)C. The van der Waals surface area contributed by atoms with Crippen LogP contribution < -0.4 is 10.6 Å². The van der Waals surface area contributed by atoms with Crippen LogP contribution in [0.25, 0.3) is 0 Å². The topological polar surface area (TPSA) is 0 Å². The molecule has 0 fully saturated rings. The maximum Gasteiger partial charge on any atom is 0.0349 e. The third kappa shape index (κ3) is 5.10. The van der Waals surface area contributed by atoms with Crippen LogP contribution in [-0.4, -0.2) is 16.0 Å². The van der Waals surface area contributed by atoms with Crippen LogP contribution in [0.3, 0.4) is 0 Å². The van der Waals surface area contributed by atoms with Gasteiger partial charge in [0.15, 0.2) is 0 Å². The van der Waals surface area contributed by atoms with E-state index in [4.69, 9.17) is 0 Å². The molecule has 0 saturated heterocycles. The molecule has 1 aliphatic rings. The summed E-state index contributed by atoms with van der Waals surface area (Å²) in [5.74, 6) is 1.56. The van der Waals surface area contributed by atoms with Crippen molar-refractivity contribution >= 4 is 26.5 Å². The van der Waals surface area contributed by atoms with E-state index in [0.29, 0.717) is 16.0 Å². The molecule has 3 rings (SSSR count). The van der Waals surface area contributed by atoms with Crippen molar-refractivity contribution in [2.45, 2.75) is 64.4 Å². The zero-order valence-corrected chi connectivity index (χ0v) is 20.8. The van der Waals surface area contributed by atoms with E-state index in [1.807, 2.05) is 0 Å². The quantitative estimate of drug-likeness (QED) is 0.436. The van der Waals surface area contributed by atoms with Crippen LogP contribution in [0.2, 0.25) is 0 Å². The Morgan fingerprint density at radius 3 is 1.55 bits per heavy atom. The molecule has 0 nitrogen and oxygen atoms in total. The molecule has 0 aliphatic heterocycles. The van der Waals surface area contributed by atoms with Gasteiger partial charge in [0.1, 0.15) is 0 Å². The predicted octanol–water partition coefficient (Wildman–Crippen LogP) is 7.61. The monoisotopic (exact) mass is 421 g/mol. The Morgan fingerprint density at radius 2 is 1.14 bits per heavy atom. The molecule has 0 amide bonds. The van der Waals surface area contributed by atoms with Gasteiger partial charge < -0.3 is 0 Å². The fourth-order valence-electron chi connectivity index (χ4n) is 4.87. The highest BCUT2D eigenvalue weighted by Gasteiger charge is 2.43. The average Bonchev–Trinajstić information content (AvgIpc) is 3.11. The second-order valence-electron chi connectivity index (χ2n) is 9.76. The van der Waals surface area contributed by atoms with Crippen molar-refractivity contribution in [3.63, 3.8) is 0 Å². The van der Waals surface area contributed by atoms with E-state index in [2.05, 4.69) is 127 Å². The molecule has 1 aliphatic carbocycles. The molecule has 1 atom stereocenters. The van der Waals surface area contributed by atoms with Crippen molar-refractivity contribution < 1.29 is 0 Å². The van der Waals surface area contributed by atoms with Gasteiger partial charge >= 0.3 is 0 Å². The highest BCUT2D eigenvalue weighted by atomic mass is 31.1. The van der Waals surface area contributed by atoms with E-state index in [-0.39, 0.29) is 7.92 Å². The van der Waals surface area contributed by atoms with Crippen LogP contribution in [0.5, 0.6) is 0 Å². The summed E-state index contributed by atoms with van der Waals surface area (Å²) in [6, 6.07) is 22.2. The molecule has 0 N–H and O–H groups in total. The Bertz CT molecular complexity index is 797. The van der Waals surface area contributed by atoms with Gasteiger partial charge in [-0.1, -0.05) is 135 Å². The minimum absolute atomic E-state index is 0.223. The summed E-state index contributed by atoms with van der Waals surface area (Å²) < 4.78 is 0. The molecule has 29 heavy (non-hydrogen) atoms. The van der Waals surface area contributed by atoms with Crippen molar-refractivity contribution in [1.82, 2.24) is 0 Å². The van der Waals surface area contributed by atoms with Crippen LogP contribution in [0.15, 0.2) is 84.2 Å². The van der Waals surface area contributed by atoms with E-state index in [9.17, 15) is 0 Å². The number of hydrogen-bond acceptors (Lipinski definition) is 0. The lowest BCUT2D eigenvalue weighted by molar-refractivity contribution is 0.691. The molecular formula is C27H35P2. The minimum atomic E-state index is -0.548. The molecule has 1 unspecified atom stereocenters. The zero-order valence-electron chi connectivity index (χ0n) is 19.0. The maximum absolute atomic E-state index is 2.48. The summed E-state index contributed by atoms with van der Waals surface area (Å²) in [4.78, 5) is 0. The smallest absolute Gasteiger partial charge is 0.0349 e. The first-order valence-corrected chi connectivity index (χ1v) is 13.3. The second kappa shape index (κ2) is 8.88. The van der Waals surface area contributed by atoms with Gasteiger partial charge in [0.25, 0.3) is 0 Å². The first-order chi connectivity index (χ1) is 13.6. The van der Waals surface area contributed by atoms with Gasteiger partial charge in [0.2, 0.25) is 0 Å². The average molecular weight is 422 g/mol. The normalized spacial score (nSPS) is 16.5.